The SMILES string of the molecule is CC(=O)OCCN(CC(O)CO)C(=O)OCc1ccccc1. The Morgan fingerprint density at radius 2 is 1.91 bits per heavy atom. The molecule has 1 rings (SSSR count). The number of aliphatic hydroxyl groups is 2. The van der Waals surface area contributed by atoms with Crippen molar-refractivity contribution in [2.75, 3.05) is 26.3 Å². The molecule has 0 saturated carbocycles. The average molecular weight is 311 g/mol. The Labute approximate surface area is 129 Å². The number of hydrogen-bond acceptors (Lipinski definition) is 6. The van der Waals surface area contributed by atoms with Crippen molar-refractivity contribution in [3.05, 3.63) is 35.9 Å². The zero-order valence-corrected chi connectivity index (χ0v) is 12.5. The van der Waals surface area contributed by atoms with Crippen LogP contribution in [0.15, 0.2) is 30.3 Å². The molecule has 0 aromatic heterocycles. The molecular formula is C15H21NO6. The van der Waals surface area contributed by atoms with Crippen LogP contribution in [0.2, 0.25) is 0 Å². The molecule has 1 atom stereocenters. The fourth-order valence-corrected chi connectivity index (χ4v) is 1.68. The van der Waals surface area contributed by atoms with E-state index in [4.69, 9.17) is 14.6 Å². The molecule has 1 amide bonds. The third-order valence-electron chi connectivity index (χ3n) is 2.77. The lowest BCUT2D eigenvalue weighted by Crippen LogP contribution is -2.41. The summed E-state index contributed by atoms with van der Waals surface area (Å²) < 4.78 is 9.91. The van der Waals surface area contributed by atoms with Crippen molar-refractivity contribution in [2.45, 2.75) is 19.6 Å². The number of benzene rings is 1. The molecule has 0 aliphatic rings. The number of ether oxygens (including phenoxy) is 2. The number of esters is 1. The molecule has 0 bridgehead atoms. The minimum absolute atomic E-state index is 0.00603. The van der Waals surface area contributed by atoms with Gasteiger partial charge in [0.15, 0.2) is 0 Å². The van der Waals surface area contributed by atoms with Crippen LogP contribution in [0.1, 0.15) is 12.5 Å². The van der Waals surface area contributed by atoms with Gasteiger partial charge in [-0.3, -0.25) is 4.79 Å². The van der Waals surface area contributed by atoms with Crippen molar-refractivity contribution in [3.63, 3.8) is 0 Å². The van der Waals surface area contributed by atoms with Crippen molar-refractivity contribution >= 4 is 12.1 Å². The van der Waals surface area contributed by atoms with E-state index in [0.29, 0.717) is 0 Å². The Morgan fingerprint density at radius 3 is 2.50 bits per heavy atom. The maximum Gasteiger partial charge on any atom is 0.410 e. The van der Waals surface area contributed by atoms with E-state index in [9.17, 15) is 14.7 Å². The molecule has 22 heavy (non-hydrogen) atoms. The van der Waals surface area contributed by atoms with Gasteiger partial charge in [-0.25, -0.2) is 4.79 Å². The molecule has 1 aromatic carbocycles. The van der Waals surface area contributed by atoms with Crippen LogP contribution in [0.4, 0.5) is 4.79 Å². The van der Waals surface area contributed by atoms with Gasteiger partial charge in [-0.15, -0.1) is 0 Å². The van der Waals surface area contributed by atoms with Crippen LogP contribution in [0, 0.1) is 0 Å². The highest BCUT2D eigenvalue weighted by Crippen LogP contribution is 2.04. The number of carbonyl (C=O) groups is 2. The van der Waals surface area contributed by atoms with Gasteiger partial charge in [-0.2, -0.15) is 0 Å². The van der Waals surface area contributed by atoms with Gasteiger partial charge in [0.1, 0.15) is 13.2 Å². The lowest BCUT2D eigenvalue weighted by Gasteiger charge is -2.23. The first-order valence-electron chi connectivity index (χ1n) is 6.91. The van der Waals surface area contributed by atoms with Crippen molar-refractivity contribution < 1.29 is 29.3 Å². The average Bonchev–Trinajstić information content (AvgIpc) is 2.52. The molecule has 7 nitrogen and oxygen atoms in total. The van der Waals surface area contributed by atoms with Gasteiger partial charge in [-0.1, -0.05) is 30.3 Å². The zero-order valence-electron chi connectivity index (χ0n) is 12.5. The van der Waals surface area contributed by atoms with E-state index in [2.05, 4.69) is 0 Å². The fourth-order valence-electron chi connectivity index (χ4n) is 1.68. The summed E-state index contributed by atoms with van der Waals surface area (Å²) in [4.78, 5) is 23.9. The number of hydrogen-bond donors (Lipinski definition) is 2. The van der Waals surface area contributed by atoms with Gasteiger partial charge in [0.05, 0.1) is 25.8 Å². The Bertz CT molecular complexity index is 464. The lowest BCUT2D eigenvalue weighted by molar-refractivity contribution is -0.141. The predicted octanol–water partition coefficient (Wildman–Crippen LogP) is 0.541. The lowest BCUT2D eigenvalue weighted by atomic mass is 10.2. The van der Waals surface area contributed by atoms with Gasteiger partial charge < -0.3 is 24.6 Å². The molecule has 7 heteroatoms. The van der Waals surface area contributed by atoms with E-state index < -0.39 is 24.8 Å². The van der Waals surface area contributed by atoms with E-state index in [1.54, 1.807) is 0 Å². The second-order valence-corrected chi connectivity index (χ2v) is 4.66. The van der Waals surface area contributed by atoms with Gasteiger partial charge in [0.25, 0.3) is 0 Å². The van der Waals surface area contributed by atoms with Crippen molar-refractivity contribution in [3.8, 4) is 0 Å². The van der Waals surface area contributed by atoms with E-state index >= 15 is 0 Å². The Hall–Kier alpha value is -2.12. The maximum atomic E-state index is 12.0. The number of carbonyl (C=O) groups excluding carboxylic acids is 2. The molecule has 1 unspecified atom stereocenters. The molecule has 122 valence electrons. The third kappa shape index (κ3) is 7.05. The van der Waals surface area contributed by atoms with Crippen LogP contribution in [0.5, 0.6) is 0 Å². The van der Waals surface area contributed by atoms with Gasteiger partial charge in [0.2, 0.25) is 0 Å². The summed E-state index contributed by atoms with van der Waals surface area (Å²) in [5.74, 6) is -0.458. The molecule has 2 N–H and O–H groups in total. The normalized spacial score (nSPS) is 11.6. The van der Waals surface area contributed by atoms with Crippen LogP contribution in [-0.2, 0) is 20.9 Å². The van der Waals surface area contributed by atoms with Crippen LogP contribution < -0.4 is 0 Å². The third-order valence-corrected chi connectivity index (χ3v) is 2.77. The first-order valence-corrected chi connectivity index (χ1v) is 6.91. The van der Waals surface area contributed by atoms with E-state index in [1.165, 1.54) is 11.8 Å². The highest BCUT2D eigenvalue weighted by molar-refractivity contribution is 5.68. The molecule has 0 heterocycles. The number of rotatable bonds is 8. The first kappa shape index (κ1) is 17.9. The topological polar surface area (TPSA) is 96.3 Å². The Kier molecular flexibility index (Phi) is 7.95. The van der Waals surface area contributed by atoms with Crippen LogP contribution >= 0.6 is 0 Å². The summed E-state index contributed by atoms with van der Waals surface area (Å²) in [5, 5.41) is 18.3. The summed E-state index contributed by atoms with van der Waals surface area (Å²) >= 11 is 0. The largest absolute Gasteiger partial charge is 0.464 e. The van der Waals surface area contributed by atoms with Gasteiger partial charge >= 0.3 is 12.1 Å². The van der Waals surface area contributed by atoms with Crippen molar-refractivity contribution in [1.82, 2.24) is 4.90 Å². The summed E-state index contributed by atoms with van der Waals surface area (Å²) in [7, 11) is 0. The molecule has 0 radical (unpaired) electrons. The van der Waals surface area contributed by atoms with Gasteiger partial charge in [-0.05, 0) is 5.56 Å². The Balaban J connectivity index is 2.51. The van der Waals surface area contributed by atoms with Crippen molar-refractivity contribution in [2.24, 2.45) is 0 Å². The highest BCUT2D eigenvalue weighted by Gasteiger charge is 2.19. The fraction of sp³-hybridized carbons (Fsp3) is 0.467. The second kappa shape index (κ2) is 9.75. The minimum Gasteiger partial charge on any atom is -0.464 e. The monoisotopic (exact) mass is 311 g/mol. The summed E-state index contributed by atoms with van der Waals surface area (Å²) in [6.07, 6.45) is -1.73. The van der Waals surface area contributed by atoms with E-state index in [-0.39, 0.29) is 26.3 Å². The molecule has 1 aromatic rings. The predicted molar refractivity (Wildman–Crippen MR) is 77.9 cm³/mol. The van der Waals surface area contributed by atoms with E-state index in [1.807, 2.05) is 30.3 Å². The maximum absolute atomic E-state index is 12.0. The van der Waals surface area contributed by atoms with E-state index in [0.717, 1.165) is 5.56 Å². The van der Waals surface area contributed by atoms with Gasteiger partial charge in [0, 0.05) is 6.92 Å². The molecule has 0 aliphatic heterocycles. The Morgan fingerprint density at radius 1 is 1.23 bits per heavy atom. The summed E-state index contributed by atoms with van der Waals surface area (Å²) in [6, 6.07) is 9.15. The second-order valence-electron chi connectivity index (χ2n) is 4.66. The first-order chi connectivity index (χ1) is 10.5. The molecule has 0 spiro atoms. The highest BCUT2D eigenvalue weighted by atomic mass is 16.6. The molecule has 0 aliphatic carbocycles. The number of amides is 1. The van der Waals surface area contributed by atoms with Crippen LogP contribution in [-0.4, -0.2) is 59.6 Å². The van der Waals surface area contributed by atoms with Crippen LogP contribution in [0.3, 0.4) is 0 Å². The smallest absolute Gasteiger partial charge is 0.410 e. The zero-order chi connectivity index (χ0) is 16.4. The quantitative estimate of drug-likeness (QED) is 0.680. The van der Waals surface area contributed by atoms with Crippen molar-refractivity contribution in [1.29, 1.82) is 0 Å². The molecule has 0 saturated heterocycles. The minimum atomic E-state index is -1.08. The van der Waals surface area contributed by atoms with Crippen LogP contribution in [0.25, 0.3) is 0 Å². The molecular weight excluding hydrogens is 290 g/mol. The standard InChI is InChI=1S/C15H21NO6/c1-12(18)21-8-7-16(9-14(19)10-17)15(20)22-11-13-5-3-2-4-6-13/h2-6,14,17,19H,7-11H2,1H3. The molecule has 0 fully saturated rings. The number of nitrogens with zero attached hydrogens (tertiary/aromatic N) is 1. The summed E-state index contributed by atoms with van der Waals surface area (Å²) in [6.45, 7) is 0.846. The summed E-state index contributed by atoms with van der Waals surface area (Å²) in [5.41, 5.74) is 0.832. The number of aliphatic hydroxyl groups excluding tert-OH is 2.